The maximum atomic E-state index is 4.49. The van der Waals surface area contributed by atoms with Gasteiger partial charge in [0.05, 0.1) is 11.7 Å². The van der Waals surface area contributed by atoms with Crippen LogP contribution in [0.15, 0.2) is 30.5 Å². The van der Waals surface area contributed by atoms with Gasteiger partial charge in [-0.2, -0.15) is 5.10 Å². The Morgan fingerprint density at radius 2 is 2.05 bits per heavy atom. The lowest BCUT2D eigenvalue weighted by atomic mass is 10.1. The van der Waals surface area contributed by atoms with Gasteiger partial charge < -0.3 is 10.3 Å². The SMILES string of the molecule is Cc1nn(C)c(C)c1C(C)Nc1ccc2[nH]ccc2c1. The van der Waals surface area contributed by atoms with E-state index in [1.165, 1.54) is 16.6 Å². The van der Waals surface area contributed by atoms with Crippen LogP contribution in [0.4, 0.5) is 5.69 Å². The number of aromatic amines is 1. The molecule has 2 N–H and O–H groups in total. The summed E-state index contributed by atoms with van der Waals surface area (Å²) in [6, 6.07) is 8.71. The average Bonchev–Trinajstić information content (AvgIpc) is 2.94. The minimum atomic E-state index is 0.236. The summed E-state index contributed by atoms with van der Waals surface area (Å²) in [5.41, 5.74) is 5.88. The fraction of sp³-hybridized carbons (Fsp3) is 0.312. The number of anilines is 1. The molecule has 1 aromatic carbocycles. The lowest BCUT2D eigenvalue weighted by molar-refractivity contribution is 0.728. The van der Waals surface area contributed by atoms with Crippen LogP contribution in [0.5, 0.6) is 0 Å². The summed E-state index contributed by atoms with van der Waals surface area (Å²) in [6.07, 6.45) is 1.97. The van der Waals surface area contributed by atoms with Gasteiger partial charge in [0.1, 0.15) is 0 Å². The Kier molecular flexibility index (Phi) is 3.01. The highest BCUT2D eigenvalue weighted by Crippen LogP contribution is 2.26. The van der Waals surface area contributed by atoms with Crippen molar-refractivity contribution in [2.45, 2.75) is 26.8 Å². The lowest BCUT2D eigenvalue weighted by Gasteiger charge is -2.16. The summed E-state index contributed by atoms with van der Waals surface area (Å²) in [4.78, 5) is 3.21. The van der Waals surface area contributed by atoms with Crippen molar-refractivity contribution in [1.82, 2.24) is 14.8 Å². The van der Waals surface area contributed by atoms with Gasteiger partial charge in [0.25, 0.3) is 0 Å². The van der Waals surface area contributed by atoms with Crippen molar-refractivity contribution in [3.63, 3.8) is 0 Å². The van der Waals surface area contributed by atoms with Crippen molar-refractivity contribution in [3.8, 4) is 0 Å². The summed E-state index contributed by atoms with van der Waals surface area (Å²) in [5, 5.41) is 9.28. The molecule has 0 saturated heterocycles. The van der Waals surface area contributed by atoms with E-state index in [2.05, 4.69) is 60.4 Å². The molecule has 0 amide bonds. The number of H-pyrrole nitrogens is 1. The largest absolute Gasteiger partial charge is 0.378 e. The molecular weight excluding hydrogens is 248 g/mol. The van der Waals surface area contributed by atoms with Gasteiger partial charge >= 0.3 is 0 Å². The Morgan fingerprint density at radius 3 is 2.75 bits per heavy atom. The van der Waals surface area contributed by atoms with E-state index < -0.39 is 0 Å². The molecule has 4 nitrogen and oxygen atoms in total. The number of aromatic nitrogens is 3. The van der Waals surface area contributed by atoms with Crippen LogP contribution in [0, 0.1) is 13.8 Å². The fourth-order valence-electron chi connectivity index (χ4n) is 2.88. The van der Waals surface area contributed by atoms with Gasteiger partial charge in [0.15, 0.2) is 0 Å². The zero-order chi connectivity index (χ0) is 14.3. The normalized spacial score (nSPS) is 12.8. The first kappa shape index (κ1) is 12.8. The van der Waals surface area contributed by atoms with Gasteiger partial charge in [-0.15, -0.1) is 0 Å². The van der Waals surface area contributed by atoms with E-state index in [4.69, 9.17) is 0 Å². The molecule has 3 aromatic rings. The number of rotatable bonds is 3. The third kappa shape index (κ3) is 2.07. The van der Waals surface area contributed by atoms with Crippen molar-refractivity contribution in [1.29, 1.82) is 0 Å². The van der Waals surface area contributed by atoms with E-state index in [0.717, 1.165) is 16.9 Å². The summed E-state index contributed by atoms with van der Waals surface area (Å²) in [6.45, 7) is 6.36. The zero-order valence-electron chi connectivity index (χ0n) is 12.4. The third-order valence-corrected chi connectivity index (χ3v) is 3.93. The molecule has 3 rings (SSSR count). The van der Waals surface area contributed by atoms with Gasteiger partial charge in [-0.1, -0.05) is 0 Å². The summed E-state index contributed by atoms with van der Waals surface area (Å²) < 4.78 is 1.94. The second kappa shape index (κ2) is 4.71. The van der Waals surface area contributed by atoms with Gasteiger partial charge in [-0.25, -0.2) is 0 Å². The first-order valence-corrected chi connectivity index (χ1v) is 6.90. The molecule has 2 aromatic heterocycles. The van der Waals surface area contributed by atoms with Crippen LogP contribution in [-0.2, 0) is 7.05 Å². The quantitative estimate of drug-likeness (QED) is 0.761. The maximum absolute atomic E-state index is 4.49. The third-order valence-electron chi connectivity index (χ3n) is 3.93. The average molecular weight is 268 g/mol. The molecule has 20 heavy (non-hydrogen) atoms. The molecule has 0 fully saturated rings. The number of hydrogen-bond donors (Lipinski definition) is 2. The fourth-order valence-corrected chi connectivity index (χ4v) is 2.88. The molecule has 1 atom stereocenters. The van der Waals surface area contributed by atoms with E-state index in [1.54, 1.807) is 0 Å². The van der Waals surface area contributed by atoms with Crippen LogP contribution in [0.1, 0.15) is 29.9 Å². The highest BCUT2D eigenvalue weighted by molar-refractivity contribution is 5.83. The second-order valence-corrected chi connectivity index (χ2v) is 5.35. The maximum Gasteiger partial charge on any atom is 0.0649 e. The molecule has 0 bridgehead atoms. The first-order valence-electron chi connectivity index (χ1n) is 6.90. The van der Waals surface area contributed by atoms with Gasteiger partial charge in [-0.05, 0) is 45.0 Å². The molecule has 0 aliphatic heterocycles. The Bertz CT molecular complexity index is 751. The van der Waals surface area contributed by atoms with Gasteiger partial charge in [0.2, 0.25) is 0 Å². The highest BCUT2D eigenvalue weighted by atomic mass is 15.3. The van der Waals surface area contributed by atoms with E-state index in [0.29, 0.717) is 0 Å². The van der Waals surface area contributed by atoms with Crippen molar-refractivity contribution in [3.05, 3.63) is 47.4 Å². The molecule has 104 valence electrons. The van der Waals surface area contributed by atoms with Crippen molar-refractivity contribution in [2.75, 3.05) is 5.32 Å². The Balaban J connectivity index is 1.89. The Morgan fingerprint density at radius 1 is 1.25 bits per heavy atom. The van der Waals surface area contributed by atoms with Crippen LogP contribution < -0.4 is 5.32 Å². The molecule has 4 heteroatoms. The van der Waals surface area contributed by atoms with E-state index in [1.807, 2.05) is 17.9 Å². The first-order chi connectivity index (χ1) is 9.56. The monoisotopic (exact) mass is 268 g/mol. The molecule has 0 aliphatic carbocycles. The van der Waals surface area contributed by atoms with Crippen LogP contribution in [0.3, 0.4) is 0 Å². The Hall–Kier alpha value is -2.23. The number of benzene rings is 1. The molecule has 0 aliphatic rings. The zero-order valence-corrected chi connectivity index (χ0v) is 12.4. The standard InChI is InChI=1S/C16H20N4/c1-10(16-11(2)19-20(4)12(16)3)18-14-5-6-15-13(9-14)7-8-17-15/h5-10,17-18H,1-4H3. The van der Waals surface area contributed by atoms with Crippen molar-refractivity contribution in [2.24, 2.45) is 7.05 Å². The summed E-state index contributed by atoms with van der Waals surface area (Å²) in [5.74, 6) is 0. The number of fused-ring (bicyclic) bond motifs is 1. The van der Waals surface area contributed by atoms with Gasteiger partial charge in [0, 0.05) is 41.1 Å². The van der Waals surface area contributed by atoms with Crippen LogP contribution in [-0.4, -0.2) is 14.8 Å². The van der Waals surface area contributed by atoms with Crippen LogP contribution in [0.2, 0.25) is 0 Å². The minimum Gasteiger partial charge on any atom is -0.378 e. The lowest BCUT2D eigenvalue weighted by Crippen LogP contribution is -2.08. The van der Waals surface area contributed by atoms with E-state index in [-0.39, 0.29) is 6.04 Å². The molecule has 0 spiro atoms. The molecule has 0 saturated carbocycles. The Labute approximate surface area is 118 Å². The predicted molar refractivity (Wildman–Crippen MR) is 83.0 cm³/mol. The van der Waals surface area contributed by atoms with E-state index >= 15 is 0 Å². The van der Waals surface area contributed by atoms with Crippen LogP contribution in [0.25, 0.3) is 10.9 Å². The molecule has 2 heterocycles. The summed E-state index contributed by atoms with van der Waals surface area (Å²) >= 11 is 0. The minimum absolute atomic E-state index is 0.236. The van der Waals surface area contributed by atoms with Gasteiger partial charge in [-0.3, -0.25) is 4.68 Å². The number of nitrogens with zero attached hydrogens (tertiary/aromatic N) is 2. The van der Waals surface area contributed by atoms with Crippen LogP contribution >= 0.6 is 0 Å². The van der Waals surface area contributed by atoms with Crippen molar-refractivity contribution < 1.29 is 0 Å². The molecule has 0 radical (unpaired) electrons. The second-order valence-electron chi connectivity index (χ2n) is 5.35. The van der Waals surface area contributed by atoms with E-state index in [9.17, 15) is 0 Å². The summed E-state index contributed by atoms with van der Waals surface area (Å²) in [7, 11) is 1.99. The highest BCUT2D eigenvalue weighted by Gasteiger charge is 2.16. The number of hydrogen-bond acceptors (Lipinski definition) is 2. The number of nitrogens with one attached hydrogen (secondary N) is 2. The predicted octanol–water partition coefficient (Wildman–Crippen LogP) is 3.69. The molecule has 1 unspecified atom stereocenters. The number of aryl methyl sites for hydroxylation is 2. The topological polar surface area (TPSA) is 45.6 Å². The van der Waals surface area contributed by atoms with Crippen molar-refractivity contribution >= 4 is 16.6 Å². The smallest absolute Gasteiger partial charge is 0.0649 e. The molecular formula is C16H20N4.